The van der Waals surface area contributed by atoms with E-state index in [1.165, 1.54) is 19.1 Å². The monoisotopic (exact) mass is 286 g/mol. The average molecular weight is 286 g/mol. The van der Waals surface area contributed by atoms with E-state index in [4.69, 9.17) is 0 Å². The number of hydrogen-bond donors (Lipinski definition) is 1. The van der Waals surface area contributed by atoms with Crippen molar-refractivity contribution >= 4 is 16.6 Å². The van der Waals surface area contributed by atoms with E-state index in [1.54, 1.807) is 0 Å². The van der Waals surface area contributed by atoms with Gasteiger partial charge in [-0.25, -0.2) is 9.37 Å². The van der Waals surface area contributed by atoms with Crippen LogP contribution in [-0.4, -0.2) is 11.5 Å². The van der Waals surface area contributed by atoms with E-state index in [0.717, 1.165) is 12.5 Å². The number of anilines is 1. The van der Waals surface area contributed by atoms with Gasteiger partial charge in [0.05, 0.1) is 5.52 Å². The summed E-state index contributed by atoms with van der Waals surface area (Å²) in [6.07, 6.45) is -3.79. The van der Waals surface area contributed by atoms with Crippen molar-refractivity contribution in [2.45, 2.75) is 26.4 Å². The predicted octanol–water partition coefficient (Wildman–Crippen LogP) is 4.52. The minimum atomic E-state index is -4.56. The van der Waals surface area contributed by atoms with Gasteiger partial charge in [-0.3, -0.25) is 0 Å². The molecule has 0 aliphatic heterocycles. The van der Waals surface area contributed by atoms with E-state index in [9.17, 15) is 17.6 Å². The van der Waals surface area contributed by atoms with Crippen LogP contribution in [0.15, 0.2) is 18.2 Å². The molecule has 0 aliphatic carbocycles. The summed E-state index contributed by atoms with van der Waals surface area (Å²) < 4.78 is 52.2. The quantitative estimate of drug-likeness (QED) is 0.839. The van der Waals surface area contributed by atoms with Crippen LogP contribution in [0.3, 0.4) is 0 Å². The normalized spacial score (nSPS) is 11.9. The van der Waals surface area contributed by atoms with Gasteiger partial charge in [-0.05, 0) is 25.5 Å². The average Bonchev–Trinajstić information content (AvgIpc) is 2.36. The van der Waals surface area contributed by atoms with Crippen molar-refractivity contribution in [3.63, 3.8) is 0 Å². The third kappa shape index (κ3) is 2.69. The van der Waals surface area contributed by atoms with Gasteiger partial charge < -0.3 is 5.32 Å². The number of pyridine rings is 1. The maximum atomic E-state index is 13.2. The van der Waals surface area contributed by atoms with Crippen LogP contribution in [0, 0.1) is 12.7 Å². The smallest absolute Gasteiger partial charge is 0.384 e. The summed E-state index contributed by atoms with van der Waals surface area (Å²) in [5.41, 5.74) is -0.579. The van der Waals surface area contributed by atoms with Crippen molar-refractivity contribution in [2.75, 3.05) is 11.9 Å². The molecule has 2 rings (SSSR count). The first kappa shape index (κ1) is 14.6. The molecule has 1 heterocycles. The third-order valence-corrected chi connectivity index (χ3v) is 3.01. The van der Waals surface area contributed by atoms with Crippen molar-refractivity contribution in [1.29, 1.82) is 0 Å². The molecular weight excluding hydrogens is 272 g/mol. The SMILES string of the molecule is CCCNc1c(C)c(C(F)(F)F)nc2cc(F)ccc12. The van der Waals surface area contributed by atoms with E-state index in [0.29, 0.717) is 17.6 Å². The van der Waals surface area contributed by atoms with E-state index in [2.05, 4.69) is 10.3 Å². The maximum absolute atomic E-state index is 13.2. The lowest BCUT2D eigenvalue weighted by Gasteiger charge is -2.17. The summed E-state index contributed by atoms with van der Waals surface area (Å²) in [4.78, 5) is 3.57. The summed E-state index contributed by atoms with van der Waals surface area (Å²) in [7, 11) is 0. The van der Waals surface area contributed by atoms with Gasteiger partial charge in [-0.2, -0.15) is 13.2 Å². The van der Waals surface area contributed by atoms with Crippen LogP contribution in [0.25, 0.3) is 10.9 Å². The second-order valence-corrected chi connectivity index (χ2v) is 4.55. The number of aromatic nitrogens is 1. The minimum absolute atomic E-state index is 0.00141. The molecule has 2 aromatic rings. The van der Waals surface area contributed by atoms with Gasteiger partial charge in [0, 0.05) is 29.2 Å². The van der Waals surface area contributed by atoms with Gasteiger partial charge in [-0.1, -0.05) is 6.92 Å². The molecule has 1 N–H and O–H groups in total. The third-order valence-electron chi connectivity index (χ3n) is 3.01. The number of benzene rings is 1. The Morgan fingerprint density at radius 2 is 1.95 bits per heavy atom. The molecule has 0 saturated heterocycles. The zero-order valence-corrected chi connectivity index (χ0v) is 11.1. The van der Waals surface area contributed by atoms with Crippen LogP contribution in [0.4, 0.5) is 23.2 Å². The number of nitrogens with one attached hydrogen (secondary N) is 1. The second-order valence-electron chi connectivity index (χ2n) is 4.55. The minimum Gasteiger partial charge on any atom is -0.384 e. The number of rotatable bonds is 3. The van der Waals surface area contributed by atoms with Gasteiger partial charge in [-0.15, -0.1) is 0 Å². The van der Waals surface area contributed by atoms with Crippen molar-refractivity contribution in [3.8, 4) is 0 Å². The zero-order chi connectivity index (χ0) is 14.9. The van der Waals surface area contributed by atoms with E-state index in [1.807, 2.05) is 6.92 Å². The Balaban J connectivity index is 2.74. The molecule has 2 nitrogen and oxygen atoms in total. The van der Waals surface area contributed by atoms with Gasteiger partial charge in [0.25, 0.3) is 0 Å². The first-order chi connectivity index (χ1) is 9.34. The van der Waals surface area contributed by atoms with Gasteiger partial charge in [0.2, 0.25) is 0 Å². The molecule has 0 atom stereocenters. The molecule has 0 spiro atoms. The van der Waals surface area contributed by atoms with Gasteiger partial charge >= 0.3 is 6.18 Å². The summed E-state index contributed by atoms with van der Waals surface area (Å²) >= 11 is 0. The van der Waals surface area contributed by atoms with E-state index < -0.39 is 17.7 Å². The molecule has 0 amide bonds. The highest BCUT2D eigenvalue weighted by Gasteiger charge is 2.36. The lowest BCUT2D eigenvalue weighted by Crippen LogP contribution is -2.14. The number of nitrogens with zero attached hydrogens (tertiary/aromatic N) is 1. The summed E-state index contributed by atoms with van der Waals surface area (Å²) in [6, 6.07) is 3.68. The van der Waals surface area contributed by atoms with Crippen LogP contribution in [0.5, 0.6) is 0 Å². The van der Waals surface area contributed by atoms with Crippen LogP contribution < -0.4 is 5.32 Å². The molecule has 0 aliphatic rings. The number of hydrogen-bond acceptors (Lipinski definition) is 2. The van der Waals surface area contributed by atoms with Crippen molar-refractivity contribution in [1.82, 2.24) is 4.98 Å². The van der Waals surface area contributed by atoms with Crippen molar-refractivity contribution in [2.24, 2.45) is 0 Å². The Morgan fingerprint density at radius 3 is 2.55 bits per heavy atom. The second kappa shape index (κ2) is 5.26. The fourth-order valence-electron chi connectivity index (χ4n) is 2.09. The topological polar surface area (TPSA) is 24.9 Å². The standard InChI is InChI=1S/C14H14F4N2/c1-3-6-19-12-8(2)13(14(16,17)18)20-11-7-9(15)4-5-10(11)12/h4-5,7H,3,6H2,1-2H3,(H,19,20). The molecule has 1 aromatic heterocycles. The Labute approximate surface area is 113 Å². The molecule has 0 unspecified atom stereocenters. The van der Waals surface area contributed by atoms with Crippen LogP contribution in [0.2, 0.25) is 0 Å². The largest absolute Gasteiger partial charge is 0.433 e. The molecule has 0 bridgehead atoms. The molecule has 6 heteroatoms. The predicted molar refractivity (Wildman–Crippen MR) is 70.2 cm³/mol. The summed E-state index contributed by atoms with van der Waals surface area (Å²) in [5, 5.41) is 3.47. The van der Waals surface area contributed by atoms with Gasteiger partial charge in [0.1, 0.15) is 11.5 Å². The Bertz CT molecular complexity index is 635. The summed E-state index contributed by atoms with van der Waals surface area (Å²) in [5.74, 6) is -0.608. The summed E-state index contributed by atoms with van der Waals surface area (Å²) in [6.45, 7) is 3.82. The Kier molecular flexibility index (Phi) is 3.83. The van der Waals surface area contributed by atoms with E-state index in [-0.39, 0.29) is 11.1 Å². The fraction of sp³-hybridized carbons (Fsp3) is 0.357. The molecular formula is C14H14F4N2. The lowest BCUT2D eigenvalue weighted by atomic mass is 10.1. The number of fused-ring (bicyclic) bond motifs is 1. The lowest BCUT2D eigenvalue weighted by molar-refractivity contribution is -0.141. The number of alkyl halides is 3. The zero-order valence-electron chi connectivity index (χ0n) is 11.1. The molecule has 0 saturated carbocycles. The van der Waals surface area contributed by atoms with Crippen LogP contribution >= 0.6 is 0 Å². The molecule has 0 fully saturated rings. The first-order valence-corrected chi connectivity index (χ1v) is 6.25. The number of halogens is 4. The van der Waals surface area contributed by atoms with Crippen LogP contribution in [0.1, 0.15) is 24.6 Å². The molecule has 20 heavy (non-hydrogen) atoms. The highest BCUT2D eigenvalue weighted by Crippen LogP contribution is 2.37. The maximum Gasteiger partial charge on any atom is 0.433 e. The molecule has 0 radical (unpaired) electrons. The van der Waals surface area contributed by atoms with Crippen LogP contribution in [-0.2, 0) is 6.18 Å². The van der Waals surface area contributed by atoms with Gasteiger partial charge in [0.15, 0.2) is 0 Å². The highest BCUT2D eigenvalue weighted by atomic mass is 19.4. The molecule has 1 aromatic carbocycles. The Morgan fingerprint density at radius 1 is 1.25 bits per heavy atom. The van der Waals surface area contributed by atoms with Crippen molar-refractivity contribution < 1.29 is 17.6 Å². The molecule has 108 valence electrons. The van der Waals surface area contributed by atoms with Crippen molar-refractivity contribution in [3.05, 3.63) is 35.3 Å². The Hall–Kier alpha value is -1.85. The van der Waals surface area contributed by atoms with E-state index >= 15 is 0 Å². The first-order valence-electron chi connectivity index (χ1n) is 6.25. The fourth-order valence-corrected chi connectivity index (χ4v) is 2.09. The highest BCUT2D eigenvalue weighted by molar-refractivity contribution is 5.93.